The molecule has 32 heavy (non-hydrogen) atoms. The lowest BCUT2D eigenvalue weighted by molar-refractivity contribution is 0.678. The Morgan fingerprint density at radius 3 is 1.12 bits per heavy atom. The molecule has 0 saturated carbocycles. The fourth-order valence-corrected chi connectivity index (χ4v) is 4.75. The van der Waals surface area contributed by atoms with Crippen LogP contribution in [0.4, 0.5) is 11.4 Å². The summed E-state index contributed by atoms with van der Waals surface area (Å²) in [6, 6.07) is 18.5. The Morgan fingerprint density at radius 2 is 0.812 bits per heavy atom. The topological polar surface area (TPSA) is 6.48 Å². The minimum absolute atomic E-state index is 1.14. The van der Waals surface area contributed by atoms with Gasteiger partial charge in [-0.15, -0.1) is 0 Å². The molecular formula is C30H44N2. The Morgan fingerprint density at radius 1 is 0.469 bits per heavy atom. The van der Waals surface area contributed by atoms with Crippen LogP contribution in [0.25, 0.3) is 21.5 Å². The van der Waals surface area contributed by atoms with Gasteiger partial charge in [0.15, 0.2) is 0 Å². The van der Waals surface area contributed by atoms with Crippen molar-refractivity contribution >= 4 is 32.9 Å². The van der Waals surface area contributed by atoms with E-state index in [1.165, 1.54) is 84.3 Å². The molecular weight excluding hydrogens is 388 g/mol. The van der Waals surface area contributed by atoms with Crippen molar-refractivity contribution in [1.82, 2.24) is 0 Å². The van der Waals surface area contributed by atoms with E-state index in [1.807, 2.05) is 0 Å². The maximum atomic E-state index is 2.66. The summed E-state index contributed by atoms with van der Waals surface area (Å²) < 4.78 is 0. The molecule has 3 rings (SSSR count). The molecule has 0 spiro atoms. The van der Waals surface area contributed by atoms with Crippen molar-refractivity contribution in [2.45, 2.75) is 79.1 Å². The lowest BCUT2D eigenvalue weighted by Gasteiger charge is -2.30. The molecule has 0 aliphatic carbocycles. The molecule has 0 bridgehead atoms. The van der Waals surface area contributed by atoms with Crippen LogP contribution in [0.1, 0.15) is 79.1 Å². The van der Waals surface area contributed by atoms with Crippen LogP contribution in [-0.2, 0) is 0 Å². The van der Waals surface area contributed by atoms with E-state index < -0.39 is 0 Å². The van der Waals surface area contributed by atoms with Crippen LogP contribution >= 0.6 is 0 Å². The zero-order chi connectivity index (χ0) is 22.8. The fourth-order valence-electron chi connectivity index (χ4n) is 4.75. The van der Waals surface area contributed by atoms with Gasteiger partial charge in [-0.05, 0) is 48.6 Å². The van der Waals surface area contributed by atoms with E-state index in [4.69, 9.17) is 0 Å². The van der Waals surface area contributed by atoms with Crippen molar-refractivity contribution in [2.75, 3.05) is 36.0 Å². The summed E-state index contributed by atoms with van der Waals surface area (Å²) >= 11 is 0. The molecule has 3 aromatic rings. The predicted octanol–water partition coefficient (Wildman–Crippen LogP) is 8.81. The number of anilines is 2. The van der Waals surface area contributed by atoms with Crippen molar-refractivity contribution in [3.05, 3.63) is 48.5 Å². The molecule has 2 heteroatoms. The molecule has 0 fully saturated rings. The molecule has 174 valence electrons. The smallest absolute Gasteiger partial charge is 0.0452 e. The van der Waals surface area contributed by atoms with Crippen LogP contribution in [0, 0.1) is 0 Å². The second-order valence-corrected chi connectivity index (χ2v) is 9.20. The van der Waals surface area contributed by atoms with Gasteiger partial charge in [-0.3, -0.25) is 0 Å². The van der Waals surface area contributed by atoms with Crippen LogP contribution < -0.4 is 9.80 Å². The number of benzene rings is 3. The summed E-state index contributed by atoms with van der Waals surface area (Å²) in [6.45, 7) is 13.8. The third kappa shape index (κ3) is 5.77. The molecule has 0 radical (unpaired) electrons. The molecule has 2 nitrogen and oxygen atoms in total. The minimum Gasteiger partial charge on any atom is -0.371 e. The SMILES string of the molecule is CCCCN(CCCC)c1cccc2ccc3cccc(N(CCCC)CCCC)c3c12. The summed E-state index contributed by atoms with van der Waals surface area (Å²) in [5, 5.41) is 5.63. The van der Waals surface area contributed by atoms with E-state index in [1.54, 1.807) is 0 Å². The van der Waals surface area contributed by atoms with Gasteiger partial charge in [0.05, 0.1) is 0 Å². The Kier molecular flexibility index (Phi) is 9.71. The summed E-state index contributed by atoms with van der Waals surface area (Å²) in [5.74, 6) is 0. The molecule has 3 aromatic carbocycles. The van der Waals surface area contributed by atoms with E-state index in [0.717, 1.165) is 26.2 Å². The van der Waals surface area contributed by atoms with Crippen molar-refractivity contribution in [1.29, 1.82) is 0 Å². The van der Waals surface area contributed by atoms with Crippen molar-refractivity contribution in [3.63, 3.8) is 0 Å². The van der Waals surface area contributed by atoms with Crippen LogP contribution in [0.3, 0.4) is 0 Å². The largest absolute Gasteiger partial charge is 0.371 e. The van der Waals surface area contributed by atoms with Crippen LogP contribution in [0.15, 0.2) is 48.5 Å². The first-order chi connectivity index (χ1) is 15.7. The second kappa shape index (κ2) is 12.7. The number of fused-ring (bicyclic) bond motifs is 3. The zero-order valence-electron chi connectivity index (χ0n) is 21.0. The summed E-state index contributed by atoms with van der Waals surface area (Å²) in [7, 11) is 0. The molecule has 0 heterocycles. The first kappa shape index (κ1) is 24.4. The summed E-state index contributed by atoms with van der Waals surface area (Å²) in [4.78, 5) is 5.32. The van der Waals surface area contributed by atoms with Crippen LogP contribution in [0.5, 0.6) is 0 Å². The molecule has 0 aliphatic heterocycles. The lowest BCUT2D eigenvalue weighted by atomic mass is 9.97. The van der Waals surface area contributed by atoms with Gasteiger partial charge in [0.1, 0.15) is 0 Å². The number of nitrogens with zero attached hydrogens (tertiary/aromatic N) is 2. The van der Waals surface area contributed by atoms with Crippen molar-refractivity contribution < 1.29 is 0 Å². The van der Waals surface area contributed by atoms with Gasteiger partial charge >= 0.3 is 0 Å². The van der Waals surface area contributed by atoms with Gasteiger partial charge in [-0.1, -0.05) is 89.8 Å². The van der Waals surface area contributed by atoms with E-state index >= 15 is 0 Å². The van der Waals surface area contributed by atoms with Gasteiger partial charge < -0.3 is 9.80 Å². The van der Waals surface area contributed by atoms with Gasteiger partial charge in [-0.2, -0.15) is 0 Å². The molecule has 0 aliphatic rings. The van der Waals surface area contributed by atoms with Gasteiger partial charge in [0.2, 0.25) is 0 Å². The zero-order valence-corrected chi connectivity index (χ0v) is 21.0. The highest BCUT2D eigenvalue weighted by Gasteiger charge is 2.17. The molecule has 0 atom stereocenters. The van der Waals surface area contributed by atoms with E-state index in [9.17, 15) is 0 Å². The third-order valence-electron chi connectivity index (χ3n) is 6.65. The quantitative estimate of drug-likeness (QED) is 0.235. The van der Waals surface area contributed by atoms with Gasteiger partial charge in [0, 0.05) is 48.3 Å². The Balaban J connectivity index is 2.22. The number of unbranched alkanes of at least 4 members (excludes halogenated alkanes) is 4. The number of rotatable bonds is 14. The van der Waals surface area contributed by atoms with Crippen LogP contribution in [-0.4, -0.2) is 26.2 Å². The monoisotopic (exact) mass is 432 g/mol. The molecule has 0 saturated heterocycles. The van der Waals surface area contributed by atoms with Crippen molar-refractivity contribution in [3.8, 4) is 0 Å². The van der Waals surface area contributed by atoms with Gasteiger partial charge in [0.25, 0.3) is 0 Å². The average molecular weight is 433 g/mol. The van der Waals surface area contributed by atoms with E-state index in [2.05, 4.69) is 86.0 Å². The number of hydrogen-bond donors (Lipinski definition) is 0. The standard InChI is InChI=1S/C30H44N2/c1-5-9-21-31(22-10-6-2)27-17-13-15-25-19-20-26-16-14-18-28(30(26)29(25)27)32(23-11-7-3)24-12-8-4/h13-20H,5-12,21-24H2,1-4H3. The Labute approximate surface area is 196 Å². The molecule has 0 unspecified atom stereocenters. The molecule has 0 N–H and O–H groups in total. The predicted molar refractivity (Wildman–Crippen MR) is 146 cm³/mol. The molecule has 0 aromatic heterocycles. The Hall–Kier alpha value is -2.22. The second-order valence-electron chi connectivity index (χ2n) is 9.20. The maximum absolute atomic E-state index is 2.66. The Bertz CT molecular complexity index is 867. The summed E-state index contributed by atoms with van der Waals surface area (Å²) in [6.07, 6.45) is 9.94. The normalized spacial score (nSPS) is 11.4. The highest BCUT2D eigenvalue weighted by atomic mass is 15.1. The average Bonchev–Trinajstić information content (AvgIpc) is 2.83. The number of hydrogen-bond acceptors (Lipinski definition) is 2. The highest BCUT2D eigenvalue weighted by Crippen LogP contribution is 2.39. The fraction of sp³-hybridized carbons (Fsp3) is 0.533. The van der Waals surface area contributed by atoms with Crippen LogP contribution in [0.2, 0.25) is 0 Å². The first-order valence-electron chi connectivity index (χ1n) is 13.2. The summed E-state index contributed by atoms with van der Waals surface area (Å²) in [5.41, 5.74) is 2.85. The highest BCUT2D eigenvalue weighted by molar-refractivity contribution is 6.18. The van der Waals surface area contributed by atoms with Gasteiger partial charge in [-0.25, -0.2) is 0 Å². The first-order valence-corrected chi connectivity index (χ1v) is 13.2. The van der Waals surface area contributed by atoms with Crippen molar-refractivity contribution in [2.24, 2.45) is 0 Å². The van der Waals surface area contributed by atoms with E-state index in [-0.39, 0.29) is 0 Å². The maximum Gasteiger partial charge on any atom is 0.0452 e. The third-order valence-corrected chi connectivity index (χ3v) is 6.65. The molecule has 0 amide bonds. The lowest BCUT2D eigenvalue weighted by Crippen LogP contribution is -2.27. The minimum atomic E-state index is 1.14. The van der Waals surface area contributed by atoms with E-state index in [0.29, 0.717) is 0 Å².